The van der Waals surface area contributed by atoms with Crippen LogP contribution in [0.3, 0.4) is 0 Å². The van der Waals surface area contributed by atoms with Gasteiger partial charge in [-0.05, 0) is 24.3 Å². The number of benzene rings is 1. The van der Waals surface area contributed by atoms with Crippen molar-refractivity contribution >= 4 is 5.91 Å². The SMILES string of the molecule is Fc1ccccc1OC(F)(F)F.O=C(NC1CCOc2cccnc21)c1ncco1. The van der Waals surface area contributed by atoms with E-state index in [4.69, 9.17) is 9.15 Å². The van der Waals surface area contributed by atoms with Gasteiger partial charge < -0.3 is 19.2 Å². The Morgan fingerprint density at radius 1 is 1.13 bits per heavy atom. The second kappa shape index (κ2) is 9.25. The predicted molar refractivity (Wildman–Crippen MR) is 94.1 cm³/mol. The fraction of sp³-hybridized carbons (Fsp3) is 0.211. The quantitative estimate of drug-likeness (QED) is 0.638. The number of carbonyl (C=O) groups is 1. The third-order valence-corrected chi connectivity index (χ3v) is 3.79. The van der Waals surface area contributed by atoms with Gasteiger partial charge in [-0.1, -0.05) is 12.1 Å². The maximum atomic E-state index is 12.5. The molecule has 0 bridgehead atoms. The average Bonchev–Trinajstić information content (AvgIpc) is 3.25. The van der Waals surface area contributed by atoms with Crippen LogP contribution >= 0.6 is 0 Å². The van der Waals surface area contributed by atoms with Gasteiger partial charge in [0.2, 0.25) is 0 Å². The number of fused-ring (bicyclic) bond motifs is 1. The fourth-order valence-corrected chi connectivity index (χ4v) is 2.56. The molecule has 1 aromatic carbocycles. The second-order valence-corrected chi connectivity index (χ2v) is 5.87. The van der Waals surface area contributed by atoms with Crippen LogP contribution in [0.5, 0.6) is 11.5 Å². The van der Waals surface area contributed by atoms with Crippen molar-refractivity contribution in [1.29, 1.82) is 0 Å². The lowest BCUT2D eigenvalue weighted by molar-refractivity contribution is -0.275. The summed E-state index contributed by atoms with van der Waals surface area (Å²) in [5, 5.41) is 2.84. The Kier molecular flexibility index (Phi) is 6.50. The molecule has 11 heteroatoms. The first-order chi connectivity index (χ1) is 14.3. The van der Waals surface area contributed by atoms with Crippen molar-refractivity contribution in [3.8, 4) is 11.5 Å². The van der Waals surface area contributed by atoms with Gasteiger partial charge in [-0.3, -0.25) is 9.78 Å². The van der Waals surface area contributed by atoms with Crippen molar-refractivity contribution < 1.29 is 36.2 Å². The molecule has 4 rings (SSSR count). The van der Waals surface area contributed by atoms with Gasteiger partial charge >= 0.3 is 12.3 Å². The van der Waals surface area contributed by atoms with Crippen molar-refractivity contribution in [3.63, 3.8) is 0 Å². The molecule has 30 heavy (non-hydrogen) atoms. The number of ether oxygens (including phenoxy) is 2. The number of pyridine rings is 1. The van der Waals surface area contributed by atoms with Crippen LogP contribution in [0.1, 0.15) is 28.8 Å². The molecule has 0 saturated heterocycles. The first-order valence-corrected chi connectivity index (χ1v) is 8.62. The zero-order chi connectivity index (χ0) is 21.6. The summed E-state index contributed by atoms with van der Waals surface area (Å²) in [5.41, 5.74) is 0.739. The number of rotatable bonds is 3. The summed E-state index contributed by atoms with van der Waals surface area (Å²) in [6, 6.07) is 7.80. The van der Waals surface area contributed by atoms with E-state index in [1.807, 2.05) is 6.07 Å². The topological polar surface area (TPSA) is 86.5 Å². The van der Waals surface area contributed by atoms with E-state index in [0.717, 1.165) is 17.8 Å². The lowest BCUT2D eigenvalue weighted by atomic mass is 10.1. The van der Waals surface area contributed by atoms with Crippen LogP contribution in [0.25, 0.3) is 0 Å². The highest BCUT2D eigenvalue weighted by molar-refractivity contribution is 5.89. The highest BCUT2D eigenvalue weighted by Gasteiger charge is 2.32. The smallest absolute Gasteiger partial charge is 0.491 e. The molecule has 0 saturated carbocycles. The lowest BCUT2D eigenvalue weighted by Crippen LogP contribution is -2.33. The molecule has 0 spiro atoms. The van der Waals surface area contributed by atoms with Crippen LogP contribution < -0.4 is 14.8 Å². The highest BCUT2D eigenvalue weighted by atomic mass is 19.4. The fourth-order valence-electron chi connectivity index (χ4n) is 2.56. The monoisotopic (exact) mass is 425 g/mol. The molecular formula is C19H15F4N3O4. The summed E-state index contributed by atoms with van der Waals surface area (Å²) < 4.78 is 60.9. The van der Waals surface area contributed by atoms with Crippen molar-refractivity contribution in [2.24, 2.45) is 0 Å². The molecule has 1 amide bonds. The number of nitrogens with zero attached hydrogens (tertiary/aromatic N) is 2. The van der Waals surface area contributed by atoms with Crippen LogP contribution in [0.4, 0.5) is 17.6 Å². The van der Waals surface area contributed by atoms with Gasteiger partial charge in [0, 0.05) is 12.6 Å². The molecule has 2 aromatic heterocycles. The number of amides is 1. The number of oxazole rings is 1. The number of carbonyl (C=O) groups excluding carboxylic acids is 1. The molecule has 158 valence electrons. The van der Waals surface area contributed by atoms with Crippen LogP contribution in [0.2, 0.25) is 0 Å². The Morgan fingerprint density at radius 2 is 1.93 bits per heavy atom. The molecule has 1 N–H and O–H groups in total. The van der Waals surface area contributed by atoms with E-state index in [2.05, 4.69) is 20.0 Å². The molecule has 1 aliphatic rings. The van der Waals surface area contributed by atoms with Gasteiger partial charge in [-0.2, -0.15) is 0 Å². The number of hydrogen-bond donors (Lipinski definition) is 1. The van der Waals surface area contributed by atoms with Crippen LogP contribution in [-0.4, -0.2) is 28.8 Å². The van der Waals surface area contributed by atoms with Crippen molar-refractivity contribution in [2.45, 2.75) is 18.8 Å². The van der Waals surface area contributed by atoms with E-state index in [9.17, 15) is 22.4 Å². The Bertz CT molecular complexity index is 980. The molecule has 1 aliphatic heterocycles. The van der Waals surface area contributed by atoms with Crippen molar-refractivity contribution in [2.75, 3.05) is 6.61 Å². The third kappa shape index (κ3) is 5.69. The minimum absolute atomic E-state index is 0.0546. The van der Waals surface area contributed by atoms with Gasteiger partial charge in [0.1, 0.15) is 17.7 Å². The number of alkyl halides is 3. The second-order valence-electron chi connectivity index (χ2n) is 5.87. The molecule has 0 radical (unpaired) electrons. The Hall–Kier alpha value is -3.63. The predicted octanol–water partition coefficient (Wildman–Crippen LogP) is 4.05. The van der Waals surface area contributed by atoms with E-state index >= 15 is 0 Å². The molecule has 7 nitrogen and oxygen atoms in total. The van der Waals surface area contributed by atoms with Crippen molar-refractivity contribution in [1.82, 2.24) is 15.3 Å². The maximum Gasteiger partial charge on any atom is 0.573 e. The summed E-state index contributed by atoms with van der Waals surface area (Å²) in [5.74, 6) is -1.43. The van der Waals surface area contributed by atoms with Crippen LogP contribution in [0, 0.1) is 5.82 Å². The zero-order valence-corrected chi connectivity index (χ0v) is 15.2. The normalized spacial score (nSPS) is 15.1. The average molecular weight is 425 g/mol. The van der Waals surface area contributed by atoms with E-state index in [1.54, 1.807) is 12.3 Å². The van der Waals surface area contributed by atoms with Gasteiger partial charge in [0.15, 0.2) is 11.6 Å². The Morgan fingerprint density at radius 3 is 2.63 bits per heavy atom. The molecule has 3 aromatic rings. The van der Waals surface area contributed by atoms with Gasteiger partial charge in [0.05, 0.1) is 18.8 Å². The van der Waals surface area contributed by atoms with Crippen molar-refractivity contribution in [3.05, 3.63) is 72.5 Å². The minimum Gasteiger partial charge on any atom is -0.491 e. The number of para-hydroxylation sites is 1. The Labute approximate surface area is 167 Å². The summed E-state index contributed by atoms with van der Waals surface area (Å²) in [7, 11) is 0. The van der Waals surface area contributed by atoms with Gasteiger partial charge in [-0.25, -0.2) is 9.37 Å². The molecule has 3 heterocycles. The first kappa shape index (κ1) is 21.1. The van der Waals surface area contributed by atoms with Crippen LogP contribution in [-0.2, 0) is 0 Å². The summed E-state index contributed by atoms with van der Waals surface area (Å²) in [4.78, 5) is 19.9. The van der Waals surface area contributed by atoms with Gasteiger partial charge in [0.25, 0.3) is 5.89 Å². The van der Waals surface area contributed by atoms with Crippen LogP contribution in [0.15, 0.2) is 59.5 Å². The first-order valence-electron chi connectivity index (χ1n) is 8.62. The summed E-state index contributed by atoms with van der Waals surface area (Å²) in [6.07, 6.45) is 0.312. The molecule has 0 aliphatic carbocycles. The number of nitrogens with one attached hydrogen (secondary N) is 1. The molecule has 1 unspecified atom stereocenters. The number of hydrogen-bond acceptors (Lipinski definition) is 6. The zero-order valence-electron chi connectivity index (χ0n) is 15.2. The highest BCUT2D eigenvalue weighted by Crippen LogP contribution is 2.29. The summed E-state index contributed by atoms with van der Waals surface area (Å²) >= 11 is 0. The van der Waals surface area contributed by atoms with E-state index in [1.165, 1.54) is 24.6 Å². The van der Waals surface area contributed by atoms with Gasteiger partial charge in [-0.15, -0.1) is 13.2 Å². The third-order valence-electron chi connectivity index (χ3n) is 3.79. The van der Waals surface area contributed by atoms with E-state index in [-0.39, 0.29) is 17.8 Å². The number of halogens is 4. The minimum atomic E-state index is -4.85. The molecule has 0 fully saturated rings. The summed E-state index contributed by atoms with van der Waals surface area (Å²) in [6.45, 7) is 0.551. The lowest BCUT2D eigenvalue weighted by Gasteiger charge is -2.24. The number of aromatic nitrogens is 2. The largest absolute Gasteiger partial charge is 0.573 e. The molecule has 1 atom stereocenters. The van der Waals surface area contributed by atoms with E-state index in [0.29, 0.717) is 18.8 Å². The standard InChI is InChI=1S/C12H11N3O3.C7H4F4O/c16-11(12-14-5-7-18-12)15-8-3-6-17-9-2-1-4-13-10(8)9;8-5-3-1-2-4-6(5)12-7(9,10)11/h1-2,4-5,7-8H,3,6H2,(H,15,16);1-4H. The Balaban J connectivity index is 0.000000187. The van der Waals surface area contributed by atoms with E-state index < -0.39 is 17.9 Å². The maximum absolute atomic E-state index is 12.5. The molecular weight excluding hydrogens is 410 g/mol.